The van der Waals surface area contributed by atoms with Crippen molar-refractivity contribution in [2.24, 2.45) is 4.99 Å². The van der Waals surface area contributed by atoms with E-state index in [-0.39, 0.29) is 6.42 Å². The summed E-state index contributed by atoms with van der Waals surface area (Å²) in [5.74, 6) is -0.119. The fourth-order valence-corrected chi connectivity index (χ4v) is 4.24. The molecule has 170 valence electrons. The minimum Gasteiger partial charge on any atom is -0.481 e. The van der Waals surface area contributed by atoms with E-state index in [1.807, 2.05) is 67.6 Å². The van der Waals surface area contributed by atoms with Gasteiger partial charge >= 0.3 is 5.97 Å². The molecule has 0 fully saturated rings. The molecule has 0 spiro atoms. The maximum Gasteiger partial charge on any atom is 0.305 e. The zero-order valence-electron chi connectivity index (χ0n) is 18.5. The largest absolute Gasteiger partial charge is 0.481 e. The summed E-state index contributed by atoms with van der Waals surface area (Å²) in [6, 6.07) is 24.0. The molecule has 3 rings (SSSR count). The van der Waals surface area contributed by atoms with Crippen LogP contribution in [0.15, 0.2) is 93.3 Å². The van der Waals surface area contributed by atoms with Crippen LogP contribution < -0.4 is 0 Å². The standard InChI is InChI=1S/C27H26Br2N2O2/c1-19-24(12-7-13-25(19)29)27(30-20(2)22-10-6-11-23(28)18-22)31(17-15-26(32)33)16-14-21-8-4-3-5-9-21/h3-13,18H,2,14-17H2,1H3,(H,32,33). The third-order valence-corrected chi connectivity index (χ3v) is 6.67. The second-order valence-electron chi connectivity index (χ2n) is 7.67. The molecule has 0 atom stereocenters. The summed E-state index contributed by atoms with van der Waals surface area (Å²) >= 11 is 7.14. The lowest BCUT2D eigenvalue weighted by molar-refractivity contribution is -0.137. The monoisotopic (exact) mass is 568 g/mol. The van der Waals surface area contributed by atoms with Gasteiger partial charge in [-0.15, -0.1) is 0 Å². The van der Waals surface area contributed by atoms with Crippen LogP contribution in [0.3, 0.4) is 0 Å². The van der Waals surface area contributed by atoms with Gasteiger partial charge in [-0.2, -0.15) is 0 Å². The van der Waals surface area contributed by atoms with Gasteiger partial charge in [-0.05, 0) is 42.7 Å². The lowest BCUT2D eigenvalue weighted by Crippen LogP contribution is -2.36. The number of hydrogen-bond acceptors (Lipinski definition) is 2. The number of aliphatic carboxylic acids is 1. The summed E-state index contributed by atoms with van der Waals surface area (Å²) in [5, 5.41) is 9.39. The molecule has 0 aromatic heterocycles. The summed E-state index contributed by atoms with van der Waals surface area (Å²) < 4.78 is 1.92. The average Bonchev–Trinajstić information content (AvgIpc) is 2.80. The molecular formula is C27H26Br2N2O2. The van der Waals surface area contributed by atoms with Crippen LogP contribution in [0.5, 0.6) is 0 Å². The molecule has 3 aromatic carbocycles. The summed E-state index contributed by atoms with van der Waals surface area (Å²) in [6.07, 6.45) is 0.792. The van der Waals surface area contributed by atoms with Crippen molar-refractivity contribution in [3.63, 3.8) is 0 Å². The van der Waals surface area contributed by atoms with E-state index in [9.17, 15) is 9.90 Å². The van der Waals surface area contributed by atoms with Gasteiger partial charge in [0.15, 0.2) is 0 Å². The first-order valence-electron chi connectivity index (χ1n) is 10.6. The van der Waals surface area contributed by atoms with Gasteiger partial charge in [0, 0.05) is 33.2 Å². The Hall–Kier alpha value is -2.70. The van der Waals surface area contributed by atoms with Gasteiger partial charge < -0.3 is 10.0 Å². The van der Waals surface area contributed by atoms with Crippen molar-refractivity contribution in [3.05, 3.63) is 111 Å². The predicted octanol–water partition coefficient (Wildman–Crippen LogP) is 6.96. The number of carboxylic acid groups (broad SMARTS) is 1. The van der Waals surface area contributed by atoms with E-state index in [0.717, 1.165) is 37.9 Å². The van der Waals surface area contributed by atoms with Crippen molar-refractivity contribution in [2.45, 2.75) is 19.8 Å². The topological polar surface area (TPSA) is 52.9 Å². The molecule has 33 heavy (non-hydrogen) atoms. The van der Waals surface area contributed by atoms with Gasteiger partial charge in [0.25, 0.3) is 0 Å². The van der Waals surface area contributed by atoms with Crippen LogP contribution in [-0.4, -0.2) is 34.9 Å². The van der Waals surface area contributed by atoms with Gasteiger partial charge in [0.2, 0.25) is 0 Å². The van der Waals surface area contributed by atoms with Crippen molar-refractivity contribution in [2.75, 3.05) is 13.1 Å². The SMILES string of the molecule is C=C(N=C(c1cccc(Br)c1C)N(CCC(=O)O)CCc1ccccc1)c1cccc(Br)c1. The highest BCUT2D eigenvalue weighted by molar-refractivity contribution is 9.10. The average molecular weight is 570 g/mol. The molecule has 6 heteroatoms. The minimum atomic E-state index is -0.837. The lowest BCUT2D eigenvalue weighted by Gasteiger charge is -2.27. The number of halogens is 2. The van der Waals surface area contributed by atoms with Gasteiger partial charge in [-0.1, -0.05) is 93.0 Å². The molecule has 0 saturated heterocycles. The van der Waals surface area contributed by atoms with E-state index in [4.69, 9.17) is 4.99 Å². The minimum absolute atomic E-state index is 0.0181. The Bertz CT molecular complexity index is 1160. The Morgan fingerprint density at radius 3 is 2.42 bits per heavy atom. The second-order valence-corrected chi connectivity index (χ2v) is 9.44. The van der Waals surface area contributed by atoms with E-state index in [2.05, 4.69) is 55.5 Å². The fourth-order valence-electron chi connectivity index (χ4n) is 3.47. The first-order valence-corrected chi connectivity index (χ1v) is 12.2. The summed E-state index contributed by atoms with van der Waals surface area (Å²) in [7, 11) is 0. The highest BCUT2D eigenvalue weighted by Crippen LogP contribution is 2.25. The van der Waals surface area contributed by atoms with E-state index in [1.165, 1.54) is 5.56 Å². The van der Waals surface area contributed by atoms with Crippen LogP contribution in [0, 0.1) is 6.92 Å². The molecule has 0 aliphatic rings. The van der Waals surface area contributed by atoms with Gasteiger partial charge in [0.05, 0.1) is 12.1 Å². The fraction of sp³-hybridized carbons (Fsp3) is 0.185. The second kappa shape index (κ2) is 12.0. The molecule has 1 N–H and O–H groups in total. The number of amidine groups is 1. The van der Waals surface area contributed by atoms with Gasteiger partial charge in [0.1, 0.15) is 5.84 Å². The Labute approximate surface area is 211 Å². The third kappa shape index (κ3) is 7.14. The number of carbonyl (C=O) groups is 1. The molecule has 0 heterocycles. The number of nitrogens with zero attached hydrogens (tertiary/aromatic N) is 2. The highest BCUT2D eigenvalue weighted by Gasteiger charge is 2.19. The predicted molar refractivity (Wildman–Crippen MR) is 143 cm³/mol. The first-order chi connectivity index (χ1) is 15.8. The van der Waals surface area contributed by atoms with Crippen molar-refractivity contribution < 1.29 is 9.90 Å². The lowest BCUT2D eigenvalue weighted by atomic mass is 10.1. The van der Waals surface area contributed by atoms with Crippen LogP contribution in [-0.2, 0) is 11.2 Å². The normalized spacial score (nSPS) is 11.3. The summed E-state index contributed by atoms with van der Waals surface area (Å²) in [4.78, 5) is 18.5. The van der Waals surface area contributed by atoms with Gasteiger partial charge in [-0.3, -0.25) is 4.79 Å². The smallest absolute Gasteiger partial charge is 0.305 e. The maximum atomic E-state index is 11.4. The Morgan fingerprint density at radius 2 is 1.73 bits per heavy atom. The molecular weight excluding hydrogens is 544 g/mol. The van der Waals surface area contributed by atoms with E-state index in [1.54, 1.807) is 0 Å². The number of benzene rings is 3. The molecule has 0 amide bonds. The molecule has 0 saturated carbocycles. The quantitative estimate of drug-likeness (QED) is 0.224. The Balaban J connectivity index is 2.04. The maximum absolute atomic E-state index is 11.4. The van der Waals surface area contributed by atoms with Crippen molar-refractivity contribution in [1.29, 1.82) is 0 Å². The molecule has 3 aromatic rings. The summed E-state index contributed by atoms with van der Waals surface area (Å²) in [6.45, 7) is 7.23. The Morgan fingerprint density at radius 1 is 1.00 bits per heavy atom. The molecule has 0 radical (unpaired) electrons. The van der Waals surface area contributed by atoms with E-state index < -0.39 is 5.97 Å². The van der Waals surface area contributed by atoms with Crippen LogP contribution >= 0.6 is 31.9 Å². The zero-order valence-corrected chi connectivity index (χ0v) is 21.6. The van der Waals surface area contributed by atoms with E-state index in [0.29, 0.717) is 18.8 Å². The summed E-state index contributed by atoms with van der Waals surface area (Å²) in [5.41, 5.74) is 4.69. The molecule has 0 bridgehead atoms. The van der Waals surface area contributed by atoms with Gasteiger partial charge in [-0.25, -0.2) is 4.99 Å². The number of carboxylic acids is 1. The van der Waals surface area contributed by atoms with Crippen molar-refractivity contribution >= 4 is 49.4 Å². The number of aliphatic imine (C=N–C) groups is 1. The van der Waals surface area contributed by atoms with Crippen LogP contribution in [0.1, 0.15) is 28.7 Å². The van der Waals surface area contributed by atoms with E-state index >= 15 is 0 Å². The van der Waals surface area contributed by atoms with Crippen molar-refractivity contribution in [1.82, 2.24) is 4.90 Å². The van der Waals surface area contributed by atoms with Crippen LogP contribution in [0.2, 0.25) is 0 Å². The molecule has 4 nitrogen and oxygen atoms in total. The Kier molecular flexibility index (Phi) is 9.03. The van der Waals surface area contributed by atoms with Crippen LogP contribution in [0.25, 0.3) is 5.70 Å². The molecule has 0 aliphatic carbocycles. The number of rotatable bonds is 9. The number of hydrogen-bond donors (Lipinski definition) is 1. The third-order valence-electron chi connectivity index (χ3n) is 5.32. The highest BCUT2D eigenvalue weighted by atomic mass is 79.9. The zero-order chi connectivity index (χ0) is 23.8. The molecule has 0 aliphatic heterocycles. The van der Waals surface area contributed by atoms with Crippen molar-refractivity contribution in [3.8, 4) is 0 Å². The first kappa shape index (κ1) is 24.9. The molecule has 0 unspecified atom stereocenters. The van der Waals surface area contributed by atoms with Crippen LogP contribution in [0.4, 0.5) is 0 Å².